The highest BCUT2D eigenvalue weighted by Gasteiger charge is 2.18. The van der Waals surface area contributed by atoms with Crippen LogP contribution < -0.4 is 10.5 Å². The minimum atomic E-state index is 0.0401. The molecular formula is C14H23NO2. The molecule has 0 radical (unpaired) electrons. The van der Waals surface area contributed by atoms with Crippen molar-refractivity contribution in [3.8, 4) is 11.5 Å². The van der Waals surface area contributed by atoms with Crippen LogP contribution >= 0.6 is 0 Å². The second-order valence-electron chi connectivity index (χ2n) is 5.33. The molecule has 0 aliphatic carbocycles. The zero-order chi connectivity index (χ0) is 13.1. The molecule has 0 spiro atoms. The van der Waals surface area contributed by atoms with E-state index >= 15 is 0 Å². The summed E-state index contributed by atoms with van der Waals surface area (Å²) in [7, 11) is 1.58. The van der Waals surface area contributed by atoms with E-state index in [4.69, 9.17) is 10.5 Å². The first-order chi connectivity index (χ1) is 7.90. The van der Waals surface area contributed by atoms with Crippen LogP contribution in [0.4, 0.5) is 0 Å². The van der Waals surface area contributed by atoms with E-state index in [2.05, 4.69) is 20.8 Å². The van der Waals surface area contributed by atoms with Crippen molar-refractivity contribution in [2.24, 2.45) is 5.73 Å². The number of ether oxygens (including phenoxy) is 1. The standard InChI is InChI=1S/C14H23NO2/c1-14(2,3)11-8-10(6-5-7-15)13(16)12(9-11)17-4/h8-9,16H,5-7,15H2,1-4H3. The van der Waals surface area contributed by atoms with Crippen LogP contribution in [0, 0.1) is 0 Å². The Morgan fingerprint density at radius 3 is 2.41 bits per heavy atom. The first-order valence-corrected chi connectivity index (χ1v) is 6.00. The van der Waals surface area contributed by atoms with Gasteiger partial charge in [0.2, 0.25) is 0 Å². The average Bonchev–Trinajstić information content (AvgIpc) is 2.26. The minimum Gasteiger partial charge on any atom is -0.504 e. The van der Waals surface area contributed by atoms with Crippen molar-refractivity contribution in [1.82, 2.24) is 0 Å². The number of benzene rings is 1. The minimum absolute atomic E-state index is 0.0401. The van der Waals surface area contributed by atoms with Gasteiger partial charge in [0, 0.05) is 0 Å². The van der Waals surface area contributed by atoms with E-state index in [9.17, 15) is 5.11 Å². The first kappa shape index (κ1) is 13.8. The van der Waals surface area contributed by atoms with Gasteiger partial charge in [0.25, 0.3) is 0 Å². The second-order valence-corrected chi connectivity index (χ2v) is 5.33. The third-order valence-corrected chi connectivity index (χ3v) is 2.89. The molecule has 1 aromatic rings. The van der Waals surface area contributed by atoms with Crippen molar-refractivity contribution < 1.29 is 9.84 Å². The van der Waals surface area contributed by atoms with Gasteiger partial charge in [-0.2, -0.15) is 0 Å². The highest BCUT2D eigenvalue weighted by atomic mass is 16.5. The molecule has 3 N–H and O–H groups in total. The van der Waals surface area contributed by atoms with Crippen LogP contribution in [0.3, 0.4) is 0 Å². The van der Waals surface area contributed by atoms with Crippen molar-refractivity contribution in [1.29, 1.82) is 0 Å². The highest BCUT2D eigenvalue weighted by molar-refractivity contribution is 5.50. The Balaban J connectivity index is 3.19. The largest absolute Gasteiger partial charge is 0.504 e. The van der Waals surface area contributed by atoms with Crippen LogP contribution in [0.5, 0.6) is 11.5 Å². The number of aryl methyl sites for hydroxylation is 1. The smallest absolute Gasteiger partial charge is 0.161 e. The van der Waals surface area contributed by atoms with Crippen molar-refractivity contribution in [3.05, 3.63) is 23.3 Å². The molecule has 0 saturated heterocycles. The van der Waals surface area contributed by atoms with Crippen molar-refractivity contribution in [3.63, 3.8) is 0 Å². The number of aromatic hydroxyl groups is 1. The second kappa shape index (κ2) is 5.41. The molecule has 1 rings (SSSR count). The molecule has 0 fully saturated rings. The summed E-state index contributed by atoms with van der Waals surface area (Å²) in [5.41, 5.74) is 7.63. The third-order valence-electron chi connectivity index (χ3n) is 2.89. The van der Waals surface area contributed by atoms with Crippen molar-refractivity contribution >= 4 is 0 Å². The van der Waals surface area contributed by atoms with Gasteiger partial charge in [-0.3, -0.25) is 0 Å². The first-order valence-electron chi connectivity index (χ1n) is 6.00. The predicted octanol–water partition coefficient (Wildman–Crippen LogP) is 2.59. The Morgan fingerprint density at radius 2 is 1.94 bits per heavy atom. The SMILES string of the molecule is COc1cc(C(C)(C)C)cc(CCCN)c1O. The number of rotatable bonds is 4. The number of phenols is 1. The summed E-state index contributed by atoms with van der Waals surface area (Å²) in [4.78, 5) is 0. The number of nitrogens with two attached hydrogens (primary N) is 1. The van der Waals surface area contributed by atoms with E-state index in [-0.39, 0.29) is 11.2 Å². The Labute approximate surface area is 104 Å². The van der Waals surface area contributed by atoms with Gasteiger partial charge in [-0.05, 0) is 42.0 Å². The summed E-state index contributed by atoms with van der Waals surface area (Å²) in [6.45, 7) is 7.06. The third kappa shape index (κ3) is 3.37. The topological polar surface area (TPSA) is 55.5 Å². The van der Waals surface area contributed by atoms with Crippen LogP contribution in [0.25, 0.3) is 0 Å². The summed E-state index contributed by atoms with van der Waals surface area (Å²) in [6, 6.07) is 3.95. The molecule has 3 nitrogen and oxygen atoms in total. The highest BCUT2D eigenvalue weighted by Crippen LogP contribution is 2.36. The number of hydrogen-bond acceptors (Lipinski definition) is 3. The van der Waals surface area contributed by atoms with Gasteiger partial charge in [-0.25, -0.2) is 0 Å². The van der Waals surface area contributed by atoms with Crippen LogP contribution in [0.2, 0.25) is 0 Å². The van der Waals surface area contributed by atoms with E-state index in [0.29, 0.717) is 12.3 Å². The molecule has 0 heterocycles. The van der Waals surface area contributed by atoms with E-state index in [1.54, 1.807) is 7.11 Å². The predicted molar refractivity (Wildman–Crippen MR) is 70.7 cm³/mol. The molecule has 0 saturated carbocycles. The summed E-state index contributed by atoms with van der Waals surface area (Å²) < 4.78 is 5.22. The molecule has 96 valence electrons. The Hall–Kier alpha value is -1.22. The molecule has 0 aliphatic rings. The molecule has 17 heavy (non-hydrogen) atoms. The maximum Gasteiger partial charge on any atom is 0.161 e. The van der Waals surface area contributed by atoms with Gasteiger partial charge in [0.1, 0.15) is 0 Å². The molecular weight excluding hydrogens is 214 g/mol. The number of hydrogen-bond donors (Lipinski definition) is 2. The molecule has 1 aromatic carbocycles. The molecule has 3 heteroatoms. The van der Waals surface area contributed by atoms with Crippen LogP contribution in [0.1, 0.15) is 38.3 Å². The van der Waals surface area contributed by atoms with Gasteiger partial charge in [0.15, 0.2) is 11.5 Å². The lowest BCUT2D eigenvalue weighted by Gasteiger charge is -2.22. The lowest BCUT2D eigenvalue weighted by atomic mass is 9.85. The van der Waals surface area contributed by atoms with Crippen LogP contribution in [-0.2, 0) is 11.8 Å². The summed E-state index contributed by atoms with van der Waals surface area (Å²) >= 11 is 0. The quantitative estimate of drug-likeness (QED) is 0.846. The molecule has 0 bridgehead atoms. The van der Waals surface area contributed by atoms with Gasteiger partial charge in [-0.1, -0.05) is 26.8 Å². The molecule has 0 unspecified atom stereocenters. The van der Waals surface area contributed by atoms with Gasteiger partial charge >= 0.3 is 0 Å². The zero-order valence-electron chi connectivity index (χ0n) is 11.2. The molecule has 0 aliphatic heterocycles. The fourth-order valence-electron chi connectivity index (χ4n) is 1.74. The lowest BCUT2D eigenvalue weighted by Crippen LogP contribution is -2.12. The maximum atomic E-state index is 10.0. The van der Waals surface area contributed by atoms with Gasteiger partial charge in [-0.15, -0.1) is 0 Å². The summed E-state index contributed by atoms with van der Waals surface area (Å²) in [5.74, 6) is 0.790. The van der Waals surface area contributed by atoms with Gasteiger partial charge < -0.3 is 15.6 Å². The fourth-order valence-corrected chi connectivity index (χ4v) is 1.74. The molecule has 0 aromatic heterocycles. The van der Waals surface area contributed by atoms with Crippen molar-refractivity contribution in [2.45, 2.75) is 39.0 Å². The normalized spacial score (nSPS) is 11.6. The Morgan fingerprint density at radius 1 is 1.29 bits per heavy atom. The number of phenolic OH excluding ortho intramolecular Hbond substituents is 1. The lowest BCUT2D eigenvalue weighted by molar-refractivity contribution is 0.368. The van der Waals surface area contributed by atoms with E-state index in [1.165, 1.54) is 5.56 Å². The number of methoxy groups -OCH3 is 1. The summed E-state index contributed by atoms with van der Waals surface area (Å²) in [6.07, 6.45) is 1.65. The molecule has 0 amide bonds. The maximum absolute atomic E-state index is 10.0. The zero-order valence-corrected chi connectivity index (χ0v) is 11.2. The van der Waals surface area contributed by atoms with Crippen LogP contribution in [-0.4, -0.2) is 18.8 Å². The van der Waals surface area contributed by atoms with E-state index in [0.717, 1.165) is 18.4 Å². The Kier molecular flexibility index (Phi) is 4.40. The monoisotopic (exact) mass is 237 g/mol. The summed E-state index contributed by atoms with van der Waals surface area (Å²) in [5, 5.41) is 10.0. The average molecular weight is 237 g/mol. The van der Waals surface area contributed by atoms with Crippen LogP contribution in [0.15, 0.2) is 12.1 Å². The fraction of sp³-hybridized carbons (Fsp3) is 0.571. The molecule has 0 atom stereocenters. The Bertz CT molecular complexity index is 381. The van der Waals surface area contributed by atoms with Gasteiger partial charge in [0.05, 0.1) is 7.11 Å². The van der Waals surface area contributed by atoms with E-state index in [1.807, 2.05) is 12.1 Å². The van der Waals surface area contributed by atoms with E-state index < -0.39 is 0 Å². The van der Waals surface area contributed by atoms with Crippen molar-refractivity contribution in [2.75, 3.05) is 13.7 Å².